The van der Waals surface area contributed by atoms with Crippen molar-refractivity contribution in [3.63, 3.8) is 0 Å². The van der Waals surface area contributed by atoms with E-state index in [0.717, 1.165) is 22.3 Å². The fourth-order valence-electron chi connectivity index (χ4n) is 5.61. The lowest BCUT2D eigenvalue weighted by Gasteiger charge is -2.28. The lowest BCUT2D eigenvalue weighted by Crippen LogP contribution is -2.20. The molecule has 212 valence electrons. The van der Waals surface area contributed by atoms with Gasteiger partial charge < -0.3 is 44.1 Å². The number of aromatic hydroxyl groups is 4. The van der Waals surface area contributed by atoms with Crippen molar-refractivity contribution >= 4 is 0 Å². The van der Waals surface area contributed by atoms with Crippen LogP contribution < -0.4 is 23.7 Å². The van der Waals surface area contributed by atoms with Gasteiger partial charge in [0.05, 0.1) is 27.4 Å². The second-order valence-corrected chi connectivity index (χ2v) is 10.2. The maximum absolute atomic E-state index is 11.1. The predicted molar refractivity (Wildman–Crippen MR) is 149 cm³/mol. The van der Waals surface area contributed by atoms with Gasteiger partial charge in [-0.05, 0) is 48.2 Å². The summed E-state index contributed by atoms with van der Waals surface area (Å²) in [5.41, 5.74) is 3.39. The van der Waals surface area contributed by atoms with Crippen LogP contribution in [0, 0.1) is 0 Å². The van der Waals surface area contributed by atoms with Gasteiger partial charge in [-0.15, -0.1) is 0 Å². The summed E-state index contributed by atoms with van der Waals surface area (Å²) in [7, 11) is 2.94. The number of ether oxygens (including phenoxy) is 5. The Bertz CT molecular complexity index is 1490. The molecule has 0 saturated carbocycles. The van der Waals surface area contributed by atoms with Crippen LogP contribution in [0.15, 0.2) is 60.7 Å². The van der Waals surface area contributed by atoms with Crippen molar-refractivity contribution in [1.29, 1.82) is 0 Å². The average molecular weight is 559 g/mol. The van der Waals surface area contributed by atoms with Gasteiger partial charge in [0, 0.05) is 35.1 Å². The number of phenols is 4. The molecule has 4 aromatic carbocycles. The normalized spacial score (nSPS) is 17.4. The quantitative estimate of drug-likeness (QED) is 0.234. The third-order valence-corrected chi connectivity index (χ3v) is 7.67. The van der Waals surface area contributed by atoms with E-state index in [1.807, 2.05) is 24.3 Å². The molecule has 0 bridgehead atoms. The minimum absolute atomic E-state index is 0.0958. The predicted octanol–water partition coefficient (Wildman–Crippen LogP) is 5.76. The van der Waals surface area contributed by atoms with E-state index in [2.05, 4.69) is 0 Å². The number of phenolic OH excluding ortho intramolecular Hbond substituents is 4. The zero-order valence-corrected chi connectivity index (χ0v) is 22.6. The molecule has 2 aliphatic heterocycles. The summed E-state index contributed by atoms with van der Waals surface area (Å²) in [6.07, 6.45) is 1.28. The van der Waals surface area contributed by atoms with Crippen LogP contribution in [0.4, 0.5) is 0 Å². The first-order valence-corrected chi connectivity index (χ1v) is 13.2. The van der Waals surface area contributed by atoms with Crippen molar-refractivity contribution in [3.8, 4) is 57.5 Å². The summed E-state index contributed by atoms with van der Waals surface area (Å²) < 4.78 is 28.9. The fraction of sp³-hybridized carbons (Fsp3) is 0.250. The summed E-state index contributed by atoms with van der Waals surface area (Å²) in [6, 6.07) is 16.9. The van der Waals surface area contributed by atoms with Gasteiger partial charge >= 0.3 is 0 Å². The Morgan fingerprint density at radius 1 is 0.610 bits per heavy atom. The Labute approximate surface area is 236 Å². The SMILES string of the molecule is COc1c(C2COc3cc(O)ccc3C2)ccc(Oc2ccc(C3COc4cc(O)ccc4C3)c(OC)c2O)c1O. The molecule has 9 nitrogen and oxygen atoms in total. The molecule has 0 spiro atoms. The van der Waals surface area contributed by atoms with Gasteiger partial charge in [0.15, 0.2) is 23.0 Å². The fourth-order valence-corrected chi connectivity index (χ4v) is 5.61. The summed E-state index contributed by atoms with van der Waals surface area (Å²) in [6.45, 7) is 0.699. The van der Waals surface area contributed by atoms with E-state index in [4.69, 9.17) is 23.7 Å². The Balaban J connectivity index is 1.26. The molecule has 4 N–H and O–H groups in total. The molecule has 2 unspecified atom stereocenters. The summed E-state index contributed by atoms with van der Waals surface area (Å²) in [4.78, 5) is 0. The first-order chi connectivity index (χ1) is 19.9. The molecule has 4 aromatic rings. The van der Waals surface area contributed by atoms with Gasteiger partial charge in [-0.25, -0.2) is 0 Å². The molecule has 0 radical (unpaired) electrons. The molecule has 41 heavy (non-hydrogen) atoms. The van der Waals surface area contributed by atoms with Crippen LogP contribution in [0.5, 0.6) is 57.5 Å². The number of hydrogen-bond acceptors (Lipinski definition) is 9. The van der Waals surface area contributed by atoms with Crippen molar-refractivity contribution in [2.75, 3.05) is 27.4 Å². The summed E-state index contributed by atoms with van der Waals surface area (Å²) in [5, 5.41) is 41.7. The van der Waals surface area contributed by atoms with E-state index in [1.165, 1.54) is 14.2 Å². The molecule has 2 aliphatic rings. The van der Waals surface area contributed by atoms with Crippen molar-refractivity contribution in [2.24, 2.45) is 0 Å². The third kappa shape index (κ3) is 4.84. The first kappa shape index (κ1) is 26.3. The van der Waals surface area contributed by atoms with Crippen LogP contribution in [0.25, 0.3) is 0 Å². The van der Waals surface area contributed by atoms with Gasteiger partial charge in [0.1, 0.15) is 23.0 Å². The van der Waals surface area contributed by atoms with Crippen LogP contribution >= 0.6 is 0 Å². The second-order valence-electron chi connectivity index (χ2n) is 10.2. The van der Waals surface area contributed by atoms with Gasteiger partial charge in [0.2, 0.25) is 11.5 Å². The molecule has 2 atom stereocenters. The summed E-state index contributed by atoms with van der Waals surface area (Å²) in [5.74, 6) is 1.69. The number of rotatable bonds is 6. The van der Waals surface area contributed by atoms with Crippen LogP contribution in [0.2, 0.25) is 0 Å². The van der Waals surface area contributed by atoms with Crippen molar-refractivity contribution in [1.82, 2.24) is 0 Å². The van der Waals surface area contributed by atoms with Crippen LogP contribution in [-0.2, 0) is 12.8 Å². The lowest BCUT2D eigenvalue weighted by atomic mass is 9.89. The zero-order valence-electron chi connectivity index (χ0n) is 22.6. The standard InChI is InChI=1S/C32H30O9/c1-37-31-23(19-11-17-3-5-21(33)13-27(17)39-15-19)7-9-25(29(31)35)41-26-10-8-24(32(38-2)30(26)36)20-12-18-4-6-22(34)14-28(18)40-16-20/h3-10,13-14,19-20,33-36H,11-12,15-16H2,1-2H3. The molecule has 0 saturated heterocycles. The highest BCUT2D eigenvalue weighted by Crippen LogP contribution is 2.50. The Morgan fingerprint density at radius 3 is 1.46 bits per heavy atom. The molecule has 6 rings (SSSR count). The van der Waals surface area contributed by atoms with Gasteiger partial charge in [-0.3, -0.25) is 0 Å². The highest BCUT2D eigenvalue weighted by Gasteiger charge is 2.29. The van der Waals surface area contributed by atoms with E-state index in [9.17, 15) is 20.4 Å². The van der Waals surface area contributed by atoms with Crippen molar-refractivity contribution in [2.45, 2.75) is 24.7 Å². The monoisotopic (exact) mass is 558 g/mol. The average Bonchev–Trinajstić information content (AvgIpc) is 2.98. The molecule has 2 heterocycles. The number of methoxy groups -OCH3 is 2. The van der Waals surface area contributed by atoms with Crippen LogP contribution in [0.1, 0.15) is 34.1 Å². The number of benzene rings is 4. The van der Waals surface area contributed by atoms with Gasteiger partial charge in [0.25, 0.3) is 0 Å². The number of hydrogen-bond donors (Lipinski definition) is 4. The van der Waals surface area contributed by atoms with Crippen molar-refractivity contribution < 1.29 is 44.1 Å². The molecule has 9 heteroatoms. The highest BCUT2D eigenvalue weighted by molar-refractivity contribution is 5.61. The molecule has 0 amide bonds. The van der Waals surface area contributed by atoms with E-state index < -0.39 is 0 Å². The van der Waals surface area contributed by atoms with E-state index in [1.54, 1.807) is 36.4 Å². The van der Waals surface area contributed by atoms with E-state index in [0.29, 0.717) is 37.6 Å². The van der Waals surface area contributed by atoms with E-state index >= 15 is 0 Å². The Hall–Kier alpha value is -4.92. The second kappa shape index (κ2) is 10.6. The zero-order chi connectivity index (χ0) is 28.7. The van der Waals surface area contributed by atoms with Gasteiger partial charge in [-0.1, -0.05) is 24.3 Å². The molecule has 0 aliphatic carbocycles. The highest BCUT2D eigenvalue weighted by atomic mass is 16.5. The minimum atomic E-state index is -0.204. The minimum Gasteiger partial charge on any atom is -0.508 e. The lowest BCUT2D eigenvalue weighted by molar-refractivity contribution is 0.255. The molecular formula is C32H30O9. The first-order valence-electron chi connectivity index (χ1n) is 13.2. The molecule has 0 fully saturated rings. The molecular weight excluding hydrogens is 528 g/mol. The number of fused-ring (bicyclic) bond motifs is 2. The smallest absolute Gasteiger partial charge is 0.201 e. The summed E-state index contributed by atoms with van der Waals surface area (Å²) >= 11 is 0. The Morgan fingerprint density at radius 2 is 1.05 bits per heavy atom. The van der Waals surface area contributed by atoms with E-state index in [-0.39, 0.29) is 57.8 Å². The molecule has 0 aromatic heterocycles. The van der Waals surface area contributed by atoms with Crippen LogP contribution in [-0.4, -0.2) is 47.9 Å². The topological polar surface area (TPSA) is 127 Å². The third-order valence-electron chi connectivity index (χ3n) is 7.67. The maximum atomic E-state index is 11.1. The Kier molecular flexibility index (Phi) is 6.78. The largest absolute Gasteiger partial charge is 0.508 e. The van der Waals surface area contributed by atoms with Gasteiger partial charge in [-0.2, -0.15) is 0 Å². The maximum Gasteiger partial charge on any atom is 0.201 e. The van der Waals surface area contributed by atoms with Crippen LogP contribution in [0.3, 0.4) is 0 Å². The van der Waals surface area contributed by atoms with Crippen molar-refractivity contribution in [3.05, 3.63) is 82.9 Å².